The predicted molar refractivity (Wildman–Crippen MR) is 130 cm³/mol. The van der Waals surface area contributed by atoms with Crippen LogP contribution in [0.3, 0.4) is 0 Å². The molecule has 33 heavy (non-hydrogen) atoms. The number of aromatic nitrogens is 3. The number of nitrogens with one attached hydrogen (secondary N) is 2. The summed E-state index contributed by atoms with van der Waals surface area (Å²) in [4.78, 5) is 5.97. The Hall–Kier alpha value is -3.56. The fourth-order valence-electron chi connectivity index (χ4n) is 3.91. The number of anilines is 1. The minimum atomic E-state index is -3.91. The Balaban J connectivity index is 1.65. The Kier molecular flexibility index (Phi) is 5.22. The molecule has 0 saturated heterocycles. The van der Waals surface area contributed by atoms with Crippen LogP contribution in [-0.4, -0.2) is 28.7 Å². The highest BCUT2D eigenvalue weighted by Gasteiger charge is 2.24. The molecule has 0 aliphatic heterocycles. The number of rotatable bonds is 5. The molecule has 0 aliphatic carbocycles. The number of hydrogen-bond donors (Lipinski definition) is 3. The average molecular weight is 477 g/mol. The van der Waals surface area contributed by atoms with E-state index in [1.807, 2.05) is 30.3 Å². The number of pyridine rings is 1. The van der Waals surface area contributed by atoms with Crippen LogP contribution in [0.25, 0.3) is 21.7 Å². The van der Waals surface area contributed by atoms with Crippen molar-refractivity contribution in [3.63, 3.8) is 0 Å². The lowest BCUT2D eigenvalue weighted by Gasteiger charge is -2.15. The minimum absolute atomic E-state index is 0.0853. The van der Waals surface area contributed by atoms with E-state index in [1.165, 1.54) is 11.8 Å². The zero-order valence-electron chi connectivity index (χ0n) is 17.8. The maximum Gasteiger partial charge on any atom is 0.265 e. The van der Waals surface area contributed by atoms with Crippen LogP contribution in [0.2, 0.25) is 0 Å². The Labute approximate surface area is 194 Å². The van der Waals surface area contributed by atoms with Gasteiger partial charge in [0, 0.05) is 27.3 Å². The number of aryl methyl sites for hydroxylation is 2. The summed E-state index contributed by atoms with van der Waals surface area (Å²) in [5.41, 5.74) is 2.03. The van der Waals surface area contributed by atoms with Crippen molar-refractivity contribution in [3.8, 4) is 5.75 Å². The molecule has 7 nitrogen and oxygen atoms in total. The summed E-state index contributed by atoms with van der Waals surface area (Å²) in [6.07, 6.45) is 1.72. The molecule has 0 aliphatic rings. The Bertz CT molecular complexity index is 1600. The fraction of sp³-hybridized carbons (Fsp3) is 0.0833. The molecule has 2 aromatic heterocycles. The van der Waals surface area contributed by atoms with Crippen LogP contribution >= 0.6 is 11.8 Å². The van der Waals surface area contributed by atoms with Crippen LogP contribution in [0.15, 0.2) is 81.5 Å². The van der Waals surface area contributed by atoms with Gasteiger partial charge in [-0.25, -0.2) is 8.42 Å². The maximum absolute atomic E-state index is 13.2. The van der Waals surface area contributed by atoms with Gasteiger partial charge in [-0.05, 0) is 32.0 Å². The number of phenolic OH excluding ortho intramolecular Hbond substituents is 1. The van der Waals surface area contributed by atoms with E-state index >= 15 is 0 Å². The molecule has 0 saturated carbocycles. The van der Waals surface area contributed by atoms with E-state index in [0.29, 0.717) is 32.7 Å². The van der Waals surface area contributed by atoms with Crippen LogP contribution < -0.4 is 4.72 Å². The first kappa shape index (κ1) is 21.3. The molecule has 3 aromatic carbocycles. The van der Waals surface area contributed by atoms with Crippen LogP contribution in [-0.2, 0) is 10.0 Å². The normalized spacial score (nSPS) is 11.8. The summed E-state index contributed by atoms with van der Waals surface area (Å²) < 4.78 is 29.2. The largest absolute Gasteiger partial charge is 0.506 e. The highest BCUT2D eigenvalue weighted by atomic mass is 32.2. The summed E-state index contributed by atoms with van der Waals surface area (Å²) >= 11 is 1.34. The van der Waals surface area contributed by atoms with Gasteiger partial charge in [-0.1, -0.05) is 54.2 Å². The van der Waals surface area contributed by atoms with Gasteiger partial charge in [-0.15, -0.1) is 0 Å². The molecule has 5 rings (SSSR count). The van der Waals surface area contributed by atoms with Gasteiger partial charge in [0.25, 0.3) is 10.0 Å². The molecule has 0 unspecified atom stereocenters. The summed E-state index contributed by atoms with van der Waals surface area (Å²) in [5.74, 6) is 0.0853. The highest BCUT2D eigenvalue weighted by Crippen LogP contribution is 2.44. The molecule has 0 radical (unpaired) electrons. The molecule has 0 amide bonds. The number of fused-ring (bicyclic) bond motifs is 2. The topological polar surface area (TPSA) is 108 Å². The molecule has 166 valence electrons. The zero-order chi connectivity index (χ0) is 23.2. The molecule has 0 atom stereocenters. The SMILES string of the molecule is Cc1n[nH]c(C)c1S(=O)(=O)Nc1cc(Sc2cccc3cccnc23)c(O)c2ccccc12. The minimum Gasteiger partial charge on any atom is -0.506 e. The van der Waals surface area contributed by atoms with Crippen molar-refractivity contribution in [2.24, 2.45) is 0 Å². The summed E-state index contributed by atoms with van der Waals surface area (Å²) in [6, 6.07) is 18.5. The smallest absolute Gasteiger partial charge is 0.265 e. The Morgan fingerprint density at radius 3 is 2.48 bits per heavy atom. The number of phenols is 1. The average Bonchev–Trinajstić information content (AvgIpc) is 3.16. The molecule has 2 heterocycles. The summed E-state index contributed by atoms with van der Waals surface area (Å²) in [6.45, 7) is 3.31. The number of sulfonamides is 1. The Morgan fingerprint density at radius 2 is 1.73 bits per heavy atom. The van der Waals surface area contributed by atoms with Crippen LogP contribution in [0.1, 0.15) is 11.4 Å². The van der Waals surface area contributed by atoms with Gasteiger partial charge >= 0.3 is 0 Å². The van der Waals surface area contributed by atoms with Gasteiger partial charge in [-0.3, -0.25) is 14.8 Å². The molecule has 0 spiro atoms. The van der Waals surface area contributed by atoms with Crippen LogP contribution in [0, 0.1) is 13.8 Å². The second-order valence-electron chi connectivity index (χ2n) is 7.62. The number of benzene rings is 3. The molecular weight excluding hydrogens is 456 g/mol. The highest BCUT2D eigenvalue weighted by molar-refractivity contribution is 7.99. The number of hydrogen-bond acceptors (Lipinski definition) is 6. The number of nitrogens with zero attached hydrogens (tertiary/aromatic N) is 2. The lowest BCUT2D eigenvalue weighted by molar-refractivity contribution is 0.469. The summed E-state index contributed by atoms with van der Waals surface area (Å²) in [5, 5.41) is 19.9. The lowest BCUT2D eigenvalue weighted by atomic mass is 10.1. The molecule has 5 aromatic rings. The lowest BCUT2D eigenvalue weighted by Crippen LogP contribution is -2.15. The predicted octanol–water partition coefficient (Wildman–Crippen LogP) is 5.39. The van der Waals surface area contributed by atoms with Gasteiger partial charge < -0.3 is 5.11 Å². The van der Waals surface area contributed by atoms with Gasteiger partial charge in [0.2, 0.25) is 0 Å². The third-order valence-electron chi connectivity index (χ3n) is 5.37. The van der Waals surface area contributed by atoms with Gasteiger partial charge in [0.05, 0.1) is 27.5 Å². The zero-order valence-corrected chi connectivity index (χ0v) is 19.5. The molecule has 0 fully saturated rings. The third-order valence-corrected chi connectivity index (χ3v) is 8.08. The second-order valence-corrected chi connectivity index (χ2v) is 10.3. The van der Waals surface area contributed by atoms with Crippen molar-refractivity contribution >= 4 is 49.1 Å². The number of aromatic hydroxyl groups is 1. The molecule has 9 heteroatoms. The molecule has 3 N–H and O–H groups in total. The number of para-hydroxylation sites is 1. The van der Waals surface area contributed by atoms with Gasteiger partial charge in [0.15, 0.2) is 0 Å². The summed E-state index contributed by atoms with van der Waals surface area (Å²) in [7, 11) is -3.91. The van der Waals surface area contributed by atoms with E-state index in [1.54, 1.807) is 50.4 Å². The fourth-order valence-corrected chi connectivity index (χ4v) is 6.38. The maximum atomic E-state index is 13.2. The van der Waals surface area contributed by atoms with Crippen molar-refractivity contribution in [3.05, 3.63) is 78.2 Å². The van der Waals surface area contributed by atoms with Gasteiger partial charge in [0.1, 0.15) is 10.6 Å². The standard InChI is InChI=1S/C24H20N4O3S2/c1-14-24(15(2)27-26-14)33(30,31)28-19-13-21(23(29)18-10-4-3-9-17(18)19)32-20-11-5-7-16-8-6-12-25-22(16)20/h3-13,28-29H,1-2H3,(H,26,27). The van der Waals surface area contributed by atoms with Crippen LogP contribution in [0.5, 0.6) is 5.75 Å². The number of H-pyrrole nitrogens is 1. The van der Waals surface area contributed by atoms with E-state index < -0.39 is 10.0 Å². The van der Waals surface area contributed by atoms with E-state index in [4.69, 9.17) is 0 Å². The number of aromatic amines is 1. The molecular formula is C24H20N4O3S2. The van der Waals surface area contributed by atoms with E-state index in [0.717, 1.165) is 15.8 Å². The van der Waals surface area contributed by atoms with Crippen LogP contribution in [0.4, 0.5) is 5.69 Å². The molecule has 0 bridgehead atoms. The van der Waals surface area contributed by atoms with Crippen molar-refractivity contribution in [1.82, 2.24) is 15.2 Å². The van der Waals surface area contributed by atoms with E-state index in [-0.39, 0.29) is 10.6 Å². The first-order valence-electron chi connectivity index (χ1n) is 10.2. The Morgan fingerprint density at radius 1 is 0.970 bits per heavy atom. The van der Waals surface area contributed by atoms with Crippen molar-refractivity contribution < 1.29 is 13.5 Å². The van der Waals surface area contributed by atoms with Crippen molar-refractivity contribution in [2.75, 3.05) is 4.72 Å². The monoisotopic (exact) mass is 476 g/mol. The quantitative estimate of drug-likeness (QED) is 0.294. The van der Waals surface area contributed by atoms with Crippen molar-refractivity contribution in [2.45, 2.75) is 28.5 Å². The van der Waals surface area contributed by atoms with E-state index in [9.17, 15) is 13.5 Å². The van der Waals surface area contributed by atoms with Gasteiger partial charge in [-0.2, -0.15) is 5.10 Å². The van der Waals surface area contributed by atoms with Crippen molar-refractivity contribution in [1.29, 1.82) is 0 Å². The third kappa shape index (κ3) is 3.79. The second kappa shape index (κ2) is 8.09. The van der Waals surface area contributed by atoms with E-state index in [2.05, 4.69) is 19.9 Å². The first-order chi connectivity index (χ1) is 15.8. The first-order valence-corrected chi connectivity index (χ1v) is 12.5.